The zero-order valence-electron chi connectivity index (χ0n) is 24.3. The van der Waals surface area contributed by atoms with Crippen molar-refractivity contribution in [3.05, 3.63) is 45.8 Å². The fourth-order valence-corrected chi connectivity index (χ4v) is 7.49. The second kappa shape index (κ2) is 11.5. The maximum absolute atomic E-state index is 12.5. The second-order valence-corrected chi connectivity index (χ2v) is 14.5. The molecule has 0 aliphatic carbocycles. The van der Waals surface area contributed by atoms with Crippen LogP contribution in [0.2, 0.25) is 0 Å². The van der Waals surface area contributed by atoms with E-state index in [0.29, 0.717) is 56.3 Å². The van der Waals surface area contributed by atoms with Crippen molar-refractivity contribution < 1.29 is 17.9 Å². The molecule has 0 saturated carbocycles. The zero-order chi connectivity index (χ0) is 30.4. The van der Waals surface area contributed by atoms with Gasteiger partial charge < -0.3 is 14.6 Å². The van der Waals surface area contributed by atoms with Crippen LogP contribution >= 0.6 is 11.3 Å². The Bertz CT molecular complexity index is 1850. The van der Waals surface area contributed by atoms with Crippen LogP contribution in [0.1, 0.15) is 18.7 Å². The Morgan fingerprint density at radius 3 is 2.58 bits per heavy atom. The minimum Gasteiger partial charge on any atom is -0.378 e. The summed E-state index contributed by atoms with van der Waals surface area (Å²) >= 11 is 1.67. The van der Waals surface area contributed by atoms with Gasteiger partial charge in [0.25, 0.3) is 0 Å². The van der Waals surface area contributed by atoms with E-state index in [1.807, 2.05) is 6.07 Å². The number of sulfone groups is 1. The molecule has 2 fully saturated rings. The van der Waals surface area contributed by atoms with E-state index in [0.717, 1.165) is 45.9 Å². The maximum atomic E-state index is 12.5. The summed E-state index contributed by atoms with van der Waals surface area (Å²) in [6.07, 6.45) is 2.99. The summed E-state index contributed by atoms with van der Waals surface area (Å²) in [6.45, 7) is 9.81. The number of hydrogen-bond acceptors (Lipinski definition) is 10. The molecule has 3 aromatic heterocycles. The van der Waals surface area contributed by atoms with E-state index in [1.165, 1.54) is 6.26 Å². The van der Waals surface area contributed by atoms with Gasteiger partial charge in [-0.25, -0.2) is 18.4 Å². The van der Waals surface area contributed by atoms with Crippen molar-refractivity contribution in [3.8, 4) is 11.4 Å². The van der Waals surface area contributed by atoms with Crippen LogP contribution < -0.4 is 4.90 Å². The number of rotatable bonds is 7. The van der Waals surface area contributed by atoms with Crippen LogP contribution in [0.5, 0.6) is 0 Å². The van der Waals surface area contributed by atoms with Crippen molar-refractivity contribution in [1.82, 2.24) is 24.8 Å². The summed E-state index contributed by atoms with van der Waals surface area (Å²) < 4.78 is 31.6. The summed E-state index contributed by atoms with van der Waals surface area (Å²) in [4.78, 5) is 36.1. The standard InChI is InChI=1S/C28H33N9O4S2/c1-28(2,27(38)33-34-29)37-8-6-35(7-9-37)17-18-14-23-24(42-18)26(36-10-12-41-13-11-36)32-25(31-23)21-15-19(43(3,39)40)16-22-20(21)4-5-30-22/h4-5,14-16,30H,6-13,17H2,1-3H3. The zero-order valence-corrected chi connectivity index (χ0v) is 25.9. The molecule has 2 saturated heterocycles. The van der Waals surface area contributed by atoms with Gasteiger partial charge in [0.05, 0.1) is 33.9 Å². The van der Waals surface area contributed by atoms with Gasteiger partial charge in [0.1, 0.15) is 0 Å². The molecular weight excluding hydrogens is 591 g/mol. The number of benzene rings is 1. The third-order valence-electron chi connectivity index (χ3n) is 8.23. The summed E-state index contributed by atoms with van der Waals surface area (Å²) in [7, 11) is -3.46. The van der Waals surface area contributed by atoms with Gasteiger partial charge in [-0.1, -0.05) is 0 Å². The first-order valence-corrected chi connectivity index (χ1v) is 16.8. The van der Waals surface area contributed by atoms with Crippen molar-refractivity contribution in [2.75, 3.05) is 63.6 Å². The van der Waals surface area contributed by atoms with Crippen molar-refractivity contribution in [1.29, 1.82) is 0 Å². The van der Waals surface area contributed by atoms with Crippen molar-refractivity contribution in [2.45, 2.75) is 30.8 Å². The normalized spacial score (nSPS) is 17.4. The molecule has 0 spiro atoms. The fraction of sp³-hybridized carbons (Fsp3) is 0.464. The summed E-state index contributed by atoms with van der Waals surface area (Å²) in [5, 5.41) is 4.18. The SMILES string of the molecule is CC(C)(C(=O)N=[N+]=[N-])N1CCN(Cc2cc3nc(-c4cc(S(C)(=O)=O)cc5[nH]ccc45)nc(N4CCOCC4)c3s2)CC1. The number of carbonyl (C=O) groups excluding carboxylic acids is 1. The molecule has 0 unspecified atom stereocenters. The third-order valence-corrected chi connectivity index (χ3v) is 10.4. The van der Waals surface area contributed by atoms with E-state index >= 15 is 0 Å². The number of piperazine rings is 1. The van der Waals surface area contributed by atoms with Crippen LogP contribution in [-0.4, -0.2) is 103 Å². The van der Waals surface area contributed by atoms with Crippen LogP contribution in [-0.2, 0) is 25.9 Å². The lowest BCUT2D eigenvalue weighted by Crippen LogP contribution is -2.57. The molecule has 2 aliphatic rings. The Hall–Kier alpha value is -3.59. The Labute approximate surface area is 253 Å². The lowest BCUT2D eigenvalue weighted by atomic mass is 10.0. The predicted octanol–water partition coefficient (Wildman–Crippen LogP) is 3.81. The number of anilines is 1. The largest absolute Gasteiger partial charge is 0.378 e. The van der Waals surface area contributed by atoms with Crippen LogP contribution in [0, 0.1) is 0 Å². The van der Waals surface area contributed by atoms with E-state index in [-0.39, 0.29) is 4.90 Å². The number of carbonyl (C=O) groups is 1. The molecule has 1 amide bonds. The Kier molecular flexibility index (Phi) is 7.87. The minimum atomic E-state index is -3.46. The molecule has 4 aromatic rings. The third kappa shape index (κ3) is 5.84. The van der Waals surface area contributed by atoms with Gasteiger partial charge in [-0.05, 0) is 48.8 Å². The molecule has 226 valence electrons. The van der Waals surface area contributed by atoms with Gasteiger partial charge >= 0.3 is 0 Å². The van der Waals surface area contributed by atoms with E-state index in [9.17, 15) is 13.2 Å². The fourth-order valence-electron chi connectivity index (χ4n) is 5.68. The smallest absolute Gasteiger partial charge is 0.238 e. The number of nitrogens with zero attached hydrogens (tertiary/aromatic N) is 8. The van der Waals surface area contributed by atoms with Crippen molar-refractivity contribution in [3.63, 3.8) is 0 Å². The van der Waals surface area contributed by atoms with Gasteiger partial charge in [-0.3, -0.25) is 14.6 Å². The monoisotopic (exact) mass is 623 g/mol. The van der Waals surface area contributed by atoms with E-state index in [1.54, 1.807) is 43.5 Å². The van der Waals surface area contributed by atoms with Gasteiger partial charge in [0.15, 0.2) is 21.5 Å². The number of aromatic amines is 1. The van der Waals surface area contributed by atoms with E-state index in [2.05, 4.69) is 35.8 Å². The molecule has 1 N–H and O–H groups in total. The molecule has 43 heavy (non-hydrogen) atoms. The van der Waals surface area contributed by atoms with E-state index in [4.69, 9.17) is 20.2 Å². The molecule has 0 atom stereocenters. The van der Waals surface area contributed by atoms with Gasteiger partial charge in [0, 0.05) is 84.5 Å². The number of amides is 1. The van der Waals surface area contributed by atoms with Gasteiger partial charge in [-0.15, -0.1) is 11.3 Å². The molecular formula is C28H33N9O4S2. The molecule has 2 aliphatic heterocycles. The molecule has 0 bridgehead atoms. The van der Waals surface area contributed by atoms with Crippen molar-refractivity contribution in [2.24, 2.45) is 5.11 Å². The Morgan fingerprint density at radius 1 is 1.14 bits per heavy atom. The van der Waals surface area contributed by atoms with Gasteiger partial charge in [-0.2, -0.15) is 0 Å². The average molecular weight is 624 g/mol. The number of morpholine rings is 1. The van der Waals surface area contributed by atoms with E-state index < -0.39 is 21.3 Å². The van der Waals surface area contributed by atoms with Crippen LogP contribution in [0.3, 0.4) is 0 Å². The van der Waals surface area contributed by atoms with Crippen molar-refractivity contribution >= 4 is 54.0 Å². The highest BCUT2D eigenvalue weighted by molar-refractivity contribution is 7.90. The number of ether oxygens (including phenoxy) is 1. The van der Waals surface area contributed by atoms with Crippen LogP contribution in [0.25, 0.3) is 43.0 Å². The lowest BCUT2D eigenvalue weighted by molar-refractivity contribution is -0.129. The molecule has 1 aromatic carbocycles. The highest BCUT2D eigenvalue weighted by Crippen LogP contribution is 2.37. The van der Waals surface area contributed by atoms with Crippen LogP contribution in [0.15, 0.2) is 40.5 Å². The molecule has 6 rings (SSSR count). The first-order valence-electron chi connectivity index (χ1n) is 14.1. The number of azide groups is 1. The number of fused-ring (bicyclic) bond motifs is 2. The second-order valence-electron chi connectivity index (χ2n) is 11.4. The summed E-state index contributed by atoms with van der Waals surface area (Å²) in [6, 6.07) is 7.33. The average Bonchev–Trinajstić information content (AvgIpc) is 3.63. The highest BCUT2D eigenvalue weighted by atomic mass is 32.2. The summed E-state index contributed by atoms with van der Waals surface area (Å²) in [5.41, 5.74) is 10.0. The minimum absolute atomic E-state index is 0.212. The predicted molar refractivity (Wildman–Crippen MR) is 166 cm³/mol. The Morgan fingerprint density at radius 2 is 1.88 bits per heavy atom. The number of aromatic nitrogens is 3. The maximum Gasteiger partial charge on any atom is 0.238 e. The molecule has 5 heterocycles. The summed E-state index contributed by atoms with van der Waals surface area (Å²) in [5.74, 6) is 0.835. The first-order chi connectivity index (χ1) is 20.5. The topological polar surface area (TPSA) is 160 Å². The molecule has 0 radical (unpaired) electrons. The quantitative estimate of drug-likeness (QED) is 0.183. The number of nitrogens with one attached hydrogen (secondary N) is 1. The molecule has 13 nitrogen and oxygen atoms in total. The highest BCUT2D eigenvalue weighted by Gasteiger charge is 2.35. The lowest BCUT2D eigenvalue weighted by Gasteiger charge is -2.42. The first kappa shape index (κ1) is 29.5. The van der Waals surface area contributed by atoms with Gasteiger partial charge in [0.2, 0.25) is 5.91 Å². The number of hydrogen-bond donors (Lipinski definition) is 1. The molecule has 15 heteroatoms. The Balaban J connectivity index is 1.33. The van der Waals surface area contributed by atoms with Crippen LogP contribution in [0.4, 0.5) is 5.82 Å². The number of H-pyrrole nitrogens is 1. The number of thiophene rings is 1.